The highest BCUT2D eigenvalue weighted by Crippen LogP contribution is 2.36. The Kier molecular flexibility index (Phi) is 3.69. The van der Waals surface area contributed by atoms with Crippen molar-refractivity contribution < 1.29 is 0 Å². The van der Waals surface area contributed by atoms with Gasteiger partial charge in [0.25, 0.3) is 0 Å². The summed E-state index contributed by atoms with van der Waals surface area (Å²) in [5.74, 6) is 3.47. The van der Waals surface area contributed by atoms with Crippen molar-refractivity contribution in [3.63, 3.8) is 0 Å². The summed E-state index contributed by atoms with van der Waals surface area (Å²) in [4.78, 5) is 18.2. The van der Waals surface area contributed by atoms with Crippen molar-refractivity contribution in [1.82, 2.24) is 29.5 Å². The van der Waals surface area contributed by atoms with Crippen LogP contribution < -0.4 is 9.80 Å². The molecule has 1 aliphatic carbocycles. The van der Waals surface area contributed by atoms with Crippen LogP contribution in [-0.4, -0.2) is 55.7 Å². The minimum Gasteiger partial charge on any atom is -0.353 e. The molecule has 0 atom stereocenters. The van der Waals surface area contributed by atoms with Gasteiger partial charge in [-0.15, -0.1) is 10.2 Å². The summed E-state index contributed by atoms with van der Waals surface area (Å²) in [6, 6.07) is 2.18. The zero-order valence-corrected chi connectivity index (χ0v) is 14.9. The molecular weight excluding hydrogens is 328 g/mol. The molecule has 0 N–H and O–H groups in total. The largest absolute Gasteiger partial charge is 0.353 e. The quantitative estimate of drug-likeness (QED) is 0.713. The number of rotatable bonds is 3. The van der Waals surface area contributed by atoms with Crippen LogP contribution in [0.15, 0.2) is 24.8 Å². The Morgan fingerprint density at radius 2 is 1.77 bits per heavy atom. The molecule has 1 saturated heterocycles. The van der Waals surface area contributed by atoms with Crippen LogP contribution in [0.4, 0.5) is 11.6 Å². The van der Waals surface area contributed by atoms with Crippen LogP contribution in [0.3, 0.4) is 0 Å². The smallest absolute Gasteiger partial charge is 0.203 e. The monoisotopic (exact) mass is 350 g/mol. The molecule has 0 unspecified atom stereocenters. The molecule has 0 radical (unpaired) electrons. The maximum Gasteiger partial charge on any atom is 0.203 e. The Balaban J connectivity index is 1.33. The zero-order valence-electron chi connectivity index (χ0n) is 14.9. The highest BCUT2D eigenvalue weighted by atomic mass is 15.3. The molecule has 8 heteroatoms. The number of piperazine rings is 1. The van der Waals surface area contributed by atoms with Crippen molar-refractivity contribution in [3.05, 3.63) is 36.3 Å². The average Bonchev–Trinajstić information content (AvgIpc) is 3.02. The third kappa shape index (κ3) is 2.56. The van der Waals surface area contributed by atoms with E-state index >= 15 is 0 Å². The molecule has 8 nitrogen and oxygen atoms in total. The van der Waals surface area contributed by atoms with Crippen LogP contribution in [0.1, 0.15) is 36.7 Å². The fraction of sp³-hybridized carbons (Fsp3) is 0.500. The van der Waals surface area contributed by atoms with E-state index in [0.29, 0.717) is 5.92 Å². The highest BCUT2D eigenvalue weighted by molar-refractivity contribution is 5.64. The van der Waals surface area contributed by atoms with Gasteiger partial charge in [-0.25, -0.2) is 15.0 Å². The number of nitrogens with zero attached hydrogens (tertiary/aromatic N) is 8. The average molecular weight is 350 g/mol. The Morgan fingerprint density at radius 3 is 2.54 bits per heavy atom. The molecule has 26 heavy (non-hydrogen) atoms. The van der Waals surface area contributed by atoms with Gasteiger partial charge in [-0.3, -0.25) is 4.40 Å². The molecule has 0 spiro atoms. The van der Waals surface area contributed by atoms with Crippen LogP contribution in [0, 0.1) is 6.92 Å². The molecule has 3 aromatic heterocycles. The summed E-state index contributed by atoms with van der Waals surface area (Å²) in [5.41, 5.74) is 2.03. The normalized spacial score (nSPS) is 18.3. The van der Waals surface area contributed by atoms with Gasteiger partial charge < -0.3 is 9.80 Å². The Labute approximate surface area is 151 Å². The van der Waals surface area contributed by atoms with Gasteiger partial charge in [0.05, 0.1) is 0 Å². The lowest BCUT2D eigenvalue weighted by Crippen LogP contribution is -2.47. The van der Waals surface area contributed by atoms with Gasteiger partial charge in [0.1, 0.15) is 18.0 Å². The number of hydrogen-bond acceptors (Lipinski definition) is 7. The van der Waals surface area contributed by atoms with E-state index in [1.807, 2.05) is 23.7 Å². The molecule has 2 fully saturated rings. The standard InChI is InChI=1S/C18H22N8/c1-13-22-23-18-17(19-5-6-26(13)18)25-9-7-24(8-10-25)16-11-15(20-12-21-16)14-3-2-4-14/h5-6,11-12,14H,2-4,7-10H2,1H3. The van der Waals surface area contributed by atoms with E-state index in [1.165, 1.54) is 25.0 Å². The van der Waals surface area contributed by atoms with Crippen molar-refractivity contribution in [1.29, 1.82) is 0 Å². The van der Waals surface area contributed by atoms with Crippen LogP contribution in [0.25, 0.3) is 5.65 Å². The van der Waals surface area contributed by atoms with Gasteiger partial charge in [-0.05, 0) is 19.8 Å². The molecule has 3 aromatic rings. The number of hydrogen-bond donors (Lipinski definition) is 0. The first-order chi connectivity index (χ1) is 12.8. The van der Waals surface area contributed by atoms with Crippen molar-refractivity contribution >= 4 is 17.3 Å². The van der Waals surface area contributed by atoms with E-state index in [0.717, 1.165) is 49.3 Å². The van der Waals surface area contributed by atoms with Crippen molar-refractivity contribution in [3.8, 4) is 0 Å². The molecule has 1 saturated carbocycles. The van der Waals surface area contributed by atoms with E-state index in [-0.39, 0.29) is 0 Å². The lowest BCUT2D eigenvalue weighted by molar-refractivity contribution is 0.410. The lowest BCUT2D eigenvalue weighted by Gasteiger charge is -2.36. The van der Waals surface area contributed by atoms with Crippen LogP contribution in [-0.2, 0) is 0 Å². The third-order valence-corrected chi connectivity index (χ3v) is 5.58. The molecule has 0 aromatic carbocycles. The van der Waals surface area contributed by atoms with Crippen molar-refractivity contribution in [2.45, 2.75) is 32.1 Å². The van der Waals surface area contributed by atoms with Crippen LogP contribution in [0.2, 0.25) is 0 Å². The first-order valence-electron chi connectivity index (χ1n) is 9.28. The predicted octanol–water partition coefficient (Wildman–Crippen LogP) is 1.82. The molecule has 4 heterocycles. The van der Waals surface area contributed by atoms with Gasteiger partial charge in [0.2, 0.25) is 5.65 Å². The molecule has 0 amide bonds. The zero-order chi connectivity index (χ0) is 17.5. The second-order valence-corrected chi connectivity index (χ2v) is 7.09. The van der Waals surface area contributed by atoms with Crippen LogP contribution in [0.5, 0.6) is 0 Å². The van der Waals surface area contributed by atoms with Gasteiger partial charge in [0, 0.05) is 56.3 Å². The topological polar surface area (TPSA) is 75.3 Å². The fourth-order valence-corrected chi connectivity index (χ4v) is 3.76. The summed E-state index contributed by atoms with van der Waals surface area (Å²) < 4.78 is 1.99. The second-order valence-electron chi connectivity index (χ2n) is 7.09. The SMILES string of the molecule is Cc1nnc2c(N3CCN(c4cc(C5CCC5)ncn4)CC3)nccn12. The molecular formula is C18H22N8. The van der Waals surface area contributed by atoms with E-state index < -0.39 is 0 Å². The number of aryl methyl sites for hydroxylation is 1. The first-order valence-corrected chi connectivity index (χ1v) is 9.28. The third-order valence-electron chi connectivity index (χ3n) is 5.58. The summed E-state index contributed by atoms with van der Waals surface area (Å²) in [6.07, 6.45) is 9.29. The van der Waals surface area contributed by atoms with Crippen LogP contribution >= 0.6 is 0 Å². The summed E-state index contributed by atoms with van der Waals surface area (Å²) >= 11 is 0. The summed E-state index contributed by atoms with van der Waals surface area (Å²) in [7, 11) is 0. The van der Waals surface area contributed by atoms with Gasteiger partial charge >= 0.3 is 0 Å². The maximum atomic E-state index is 4.56. The van der Waals surface area contributed by atoms with E-state index in [9.17, 15) is 0 Å². The van der Waals surface area contributed by atoms with Crippen molar-refractivity contribution in [2.24, 2.45) is 0 Å². The molecule has 0 bridgehead atoms. The minimum atomic E-state index is 0.635. The lowest BCUT2D eigenvalue weighted by atomic mass is 9.83. The van der Waals surface area contributed by atoms with E-state index in [4.69, 9.17) is 0 Å². The molecule has 1 aliphatic heterocycles. The fourth-order valence-electron chi connectivity index (χ4n) is 3.76. The van der Waals surface area contributed by atoms with Gasteiger partial charge in [-0.2, -0.15) is 0 Å². The Bertz CT molecular complexity index is 924. The number of aromatic nitrogens is 6. The summed E-state index contributed by atoms with van der Waals surface area (Å²) in [6.45, 7) is 5.56. The van der Waals surface area contributed by atoms with E-state index in [1.54, 1.807) is 6.33 Å². The molecule has 134 valence electrons. The Hall–Kier alpha value is -2.77. The highest BCUT2D eigenvalue weighted by Gasteiger charge is 2.25. The van der Waals surface area contributed by atoms with Gasteiger partial charge in [0.15, 0.2) is 5.82 Å². The summed E-state index contributed by atoms with van der Waals surface area (Å²) in [5, 5.41) is 8.46. The molecule has 5 rings (SSSR count). The predicted molar refractivity (Wildman–Crippen MR) is 98.6 cm³/mol. The Morgan fingerprint density at radius 1 is 0.962 bits per heavy atom. The second kappa shape index (κ2) is 6.19. The first kappa shape index (κ1) is 15.5. The maximum absolute atomic E-state index is 4.56. The van der Waals surface area contributed by atoms with Gasteiger partial charge in [-0.1, -0.05) is 6.42 Å². The van der Waals surface area contributed by atoms with E-state index in [2.05, 4.69) is 41.0 Å². The molecule has 2 aliphatic rings. The van der Waals surface area contributed by atoms with Crippen molar-refractivity contribution in [2.75, 3.05) is 36.0 Å². The minimum absolute atomic E-state index is 0.635. The number of fused-ring (bicyclic) bond motifs is 1. The number of anilines is 2.